The fourth-order valence-electron chi connectivity index (χ4n) is 2.85. The Hall–Kier alpha value is -1.02. The molecule has 0 aromatic carbocycles. The lowest BCUT2D eigenvalue weighted by molar-refractivity contribution is 0.149. The molecule has 0 bridgehead atoms. The van der Waals surface area contributed by atoms with E-state index in [1.807, 2.05) is 19.1 Å². The first-order valence-corrected chi connectivity index (χ1v) is 6.72. The van der Waals surface area contributed by atoms with Crippen LogP contribution in [-0.4, -0.2) is 24.5 Å². The second kappa shape index (κ2) is 5.54. The highest BCUT2D eigenvalue weighted by atomic mass is 15.1. The van der Waals surface area contributed by atoms with Crippen LogP contribution in [0.2, 0.25) is 0 Å². The van der Waals surface area contributed by atoms with Crippen molar-refractivity contribution in [2.24, 2.45) is 11.1 Å². The molecular weight excluding hydrogens is 208 g/mol. The topological polar surface area (TPSA) is 29.3 Å². The van der Waals surface area contributed by atoms with Crippen molar-refractivity contribution in [3.8, 4) is 0 Å². The van der Waals surface area contributed by atoms with Crippen molar-refractivity contribution in [3.63, 3.8) is 0 Å². The molecule has 2 nitrogen and oxygen atoms in total. The van der Waals surface area contributed by atoms with E-state index in [9.17, 15) is 0 Å². The van der Waals surface area contributed by atoms with Crippen LogP contribution in [0.25, 0.3) is 0 Å². The van der Waals surface area contributed by atoms with Crippen LogP contribution < -0.4 is 5.73 Å². The summed E-state index contributed by atoms with van der Waals surface area (Å²) in [7, 11) is 0. The van der Waals surface area contributed by atoms with Gasteiger partial charge in [-0.1, -0.05) is 30.7 Å². The highest BCUT2D eigenvalue weighted by molar-refractivity contribution is 5.23. The van der Waals surface area contributed by atoms with Gasteiger partial charge in [0.1, 0.15) is 0 Å². The zero-order valence-electron chi connectivity index (χ0n) is 10.9. The molecule has 0 radical (unpaired) electrons. The quantitative estimate of drug-likeness (QED) is 0.755. The van der Waals surface area contributed by atoms with Crippen molar-refractivity contribution in [2.75, 3.05) is 19.6 Å². The van der Waals surface area contributed by atoms with Crippen molar-refractivity contribution in [2.45, 2.75) is 32.6 Å². The lowest BCUT2D eigenvalue weighted by Crippen LogP contribution is -2.31. The molecule has 94 valence electrons. The summed E-state index contributed by atoms with van der Waals surface area (Å²) >= 11 is 0. The Morgan fingerprint density at radius 3 is 2.65 bits per heavy atom. The van der Waals surface area contributed by atoms with Crippen molar-refractivity contribution < 1.29 is 0 Å². The third kappa shape index (κ3) is 3.01. The molecule has 1 aliphatic carbocycles. The number of allylic oxidation sites excluding steroid dienone is 3. The summed E-state index contributed by atoms with van der Waals surface area (Å²) in [4.78, 5) is 2.46. The molecule has 0 aromatic rings. The zero-order valence-corrected chi connectivity index (χ0v) is 10.9. The van der Waals surface area contributed by atoms with Crippen LogP contribution in [0.5, 0.6) is 0 Å². The van der Waals surface area contributed by atoms with E-state index in [4.69, 9.17) is 5.73 Å². The van der Waals surface area contributed by atoms with Gasteiger partial charge in [0, 0.05) is 25.8 Å². The van der Waals surface area contributed by atoms with Gasteiger partial charge in [0.15, 0.2) is 0 Å². The van der Waals surface area contributed by atoms with Crippen LogP contribution in [0.3, 0.4) is 0 Å². The molecule has 1 spiro atoms. The van der Waals surface area contributed by atoms with E-state index in [-0.39, 0.29) is 0 Å². The first-order chi connectivity index (χ1) is 8.28. The Morgan fingerprint density at radius 2 is 2.12 bits per heavy atom. The molecule has 1 aliphatic heterocycles. The van der Waals surface area contributed by atoms with Crippen molar-refractivity contribution >= 4 is 0 Å². The van der Waals surface area contributed by atoms with Crippen LogP contribution in [0, 0.1) is 5.41 Å². The molecule has 0 aromatic heterocycles. The van der Waals surface area contributed by atoms with E-state index in [1.165, 1.54) is 44.3 Å². The van der Waals surface area contributed by atoms with Crippen molar-refractivity contribution in [3.05, 3.63) is 36.1 Å². The number of rotatable bonds is 4. The monoisotopic (exact) mass is 232 g/mol. The maximum Gasteiger partial charge on any atom is 0.0229 e. The summed E-state index contributed by atoms with van der Waals surface area (Å²) < 4.78 is 0. The number of hydrogen-bond acceptors (Lipinski definition) is 2. The maximum atomic E-state index is 5.78. The number of nitrogens with zero attached hydrogens (tertiary/aromatic N) is 1. The summed E-state index contributed by atoms with van der Waals surface area (Å²) in [6, 6.07) is 0. The van der Waals surface area contributed by atoms with Gasteiger partial charge in [-0.2, -0.15) is 0 Å². The molecule has 1 saturated carbocycles. The normalized spacial score (nSPS) is 24.1. The lowest BCUT2D eigenvalue weighted by Gasteiger charge is -2.37. The minimum Gasteiger partial charge on any atom is -0.377 e. The molecule has 0 amide bonds. The Labute approximate surface area is 105 Å². The fourth-order valence-corrected chi connectivity index (χ4v) is 2.85. The Bertz CT molecular complexity index is 335. The van der Waals surface area contributed by atoms with E-state index in [0.717, 1.165) is 0 Å². The minimum atomic E-state index is 0.623. The van der Waals surface area contributed by atoms with Crippen LogP contribution in [0.1, 0.15) is 32.6 Å². The minimum absolute atomic E-state index is 0.623. The van der Waals surface area contributed by atoms with Crippen LogP contribution >= 0.6 is 0 Å². The molecule has 2 heteroatoms. The molecular formula is C15H24N2. The first-order valence-electron chi connectivity index (χ1n) is 6.72. The Kier molecular flexibility index (Phi) is 4.06. The number of likely N-dealkylation sites (tertiary alicyclic amines) is 1. The van der Waals surface area contributed by atoms with Crippen molar-refractivity contribution in [1.29, 1.82) is 0 Å². The second-order valence-corrected chi connectivity index (χ2v) is 5.37. The van der Waals surface area contributed by atoms with Gasteiger partial charge in [0.25, 0.3) is 0 Å². The van der Waals surface area contributed by atoms with Gasteiger partial charge in [0.2, 0.25) is 0 Å². The average molecular weight is 232 g/mol. The van der Waals surface area contributed by atoms with Crippen molar-refractivity contribution in [1.82, 2.24) is 4.90 Å². The predicted octanol–water partition coefficient (Wildman–Crippen LogP) is 2.84. The molecule has 17 heavy (non-hydrogen) atoms. The summed E-state index contributed by atoms with van der Waals surface area (Å²) in [5.41, 5.74) is 7.67. The third-order valence-electron chi connectivity index (χ3n) is 4.08. The molecule has 1 saturated heterocycles. The summed E-state index contributed by atoms with van der Waals surface area (Å²) in [5.74, 6) is 0. The second-order valence-electron chi connectivity index (χ2n) is 5.37. The summed E-state index contributed by atoms with van der Waals surface area (Å²) in [5, 5.41) is 0. The SMILES string of the molecule is C/C=C/C=C\C(=C/N1CCC2(CCC2)C1)CN. The highest BCUT2D eigenvalue weighted by Crippen LogP contribution is 2.48. The van der Waals surface area contributed by atoms with E-state index in [0.29, 0.717) is 12.0 Å². The first kappa shape index (κ1) is 12.4. The average Bonchev–Trinajstić information content (AvgIpc) is 2.72. The summed E-state index contributed by atoms with van der Waals surface area (Å²) in [6.07, 6.45) is 16.2. The highest BCUT2D eigenvalue weighted by Gasteiger charge is 2.41. The van der Waals surface area contributed by atoms with Gasteiger partial charge in [0.05, 0.1) is 0 Å². The number of nitrogens with two attached hydrogens (primary N) is 1. The van der Waals surface area contributed by atoms with Crippen LogP contribution in [-0.2, 0) is 0 Å². The fraction of sp³-hybridized carbons (Fsp3) is 0.600. The summed E-state index contributed by atoms with van der Waals surface area (Å²) in [6.45, 7) is 5.10. The van der Waals surface area contributed by atoms with Gasteiger partial charge >= 0.3 is 0 Å². The van der Waals surface area contributed by atoms with Crippen LogP contribution in [0.15, 0.2) is 36.1 Å². The predicted molar refractivity (Wildman–Crippen MR) is 73.6 cm³/mol. The van der Waals surface area contributed by atoms with Gasteiger partial charge in [-0.05, 0) is 37.2 Å². The maximum absolute atomic E-state index is 5.78. The Morgan fingerprint density at radius 1 is 1.29 bits per heavy atom. The standard InChI is InChI=1S/C15H24N2/c1-2-3-4-6-14(11-16)12-17-10-9-15(13-17)7-5-8-15/h2-4,6,12H,5,7-11,13,16H2,1H3/b3-2+,6-4-,14-12+. The van der Waals surface area contributed by atoms with Crippen LogP contribution in [0.4, 0.5) is 0 Å². The number of hydrogen-bond donors (Lipinski definition) is 1. The van der Waals surface area contributed by atoms with E-state index < -0.39 is 0 Å². The molecule has 0 unspecified atom stereocenters. The van der Waals surface area contributed by atoms with Gasteiger partial charge in [-0.15, -0.1) is 0 Å². The molecule has 2 N–H and O–H groups in total. The zero-order chi connectivity index (χ0) is 12.1. The van der Waals surface area contributed by atoms with E-state index in [2.05, 4.69) is 23.3 Å². The van der Waals surface area contributed by atoms with E-state index in [1.54, 1.807) is 0 Å². The molecule has 2 aliphatic rings. The van der Waals surface area contributed by atoms with Gasteiger partial charge < -0.3 is 10.6 Å². The Balaban J connectivity index is 1.93. The molecule has 2 fully saturated rings. The third-order valence-corrected chi connectivity index (χ3v) is 4.08. The van der Waals surface area contributed by atoms with Gasteiger partial charge in [-0.25, -0.2) is 0 Å². The lowest BCUT2D eigenvalue weighted by atomic mass is 9.68. The molecule has 1 heterocycles. The molecule has 2 rings (SSSR count). The largest absolute Gasteiger partial charge is 0.377 e. The molecule has 0 atom stereocenters. The smallest absolute Gasteiger partial charge is 0.0229 e. The van der Waals surface area contributed by atoms with Gasteiger partial charge in [-0.3, -0.25) is 0 Å². The van der Waals surface area contributed by atoms with E-state index >= 15 is 0 Å².